The molecule has 2 aromatic carbocycles. The van der Waals surface area contributed by atoms with Crippen LogP contribution in [0, 0.1) is 0 Å². The van der Waals surface area contributed by atoms with Gasteiger partial charge in [-0.05, 0) is 24.3 Å². The number of aromatic hydroxyl groups is 1. The number of benzene rings is 2. The fourth-order valence-corrected chi connectivity index (χ4v) is 3.69. The summed E-state index contributed by atoms with van der Waals surface area (Å²) in [5, 5.41) is 16.9. The Morgan fingerprint density at radius 2 is 2.09 bits per heavy atom. The SMILES string of the molecule is CC(=O)Oc1cc(NCc2cc(Cl)cc(Cl)c2O)ccc1C(=O)OCCC1CNCCO1. The Balaban J connectivity index is 1.66. The predicted octanol–water partition coefficient (Wildman–Crippen LogP) is 3.77. The molecule has 1 fully saturated rings. The average Bonchev–Trinajstić information content (AvgIpc) is 2.75. The van der Waals surface area contributed by atoms with Gasteiger partial charge in [0, 0.05) is 55.3 Å². The number of phenolic OH excluding ortho intramolecular Hbond substituents is 1. The number of rotatable bonds is 8. The Bertz CT molecular complexity index is 979. The van der Waals surface area contributed by atoms with Gasteiger partial charge in [-0.25, -0.2) is 4.79 Å². The summed E-state index contributed by atoms with van der Waals surface area (Å²) in [5.74, 6) is -1.19. The molecule has 3 N–H and O–H groups in total. The molecular formula is C22H24Cl2N2O6. The lowest BCUT2D eigenvalue weighted by atomic mass is 10.1. The monoisotopic (exact) mass is 482 g/mol. The van der Waals surface area contributed by atoms with E-state index in [-0.39, 0.29) is 41.3 Å². The largest absolute Gasteiger partial charge is 0.506 e. The molecule has 0 amide bonds. The quantitative estimate of drug-likeness (QED) is 0.385. The summed E-state index contributed by atoms with van der Waals surface area (Å²) in [7, 11) is 0. The maximum absolute atomic E-state index is 12.5. The summed E-state index contributed by atoms with van der Waals surface area (Å²) in [6.07, 6.45) is 0.555. The first-order valence-electron chi connectivity index (χ1n) is 10.1. The Morgan fingerprint density at radius 3 is 2.81 bits per heavy atom. The Labute approximate surface area is 195 Å². The van der Waals surface area contributed by atoms with Gasteiger partial charge in [-0.15, -0.1) is 0 Å². The topological polar surface area (TPSA) is 106 Å². The van der Waals surface area contributed by atoms with Gasteiger partial charge in [-0.3, -0.25) is 4.79 Å². The highest BCUT2D eigenvalue weighted by molar-refractivity contribution is 6.35. The standard InChI is InChI=1S/C22H24Cl2N2O6/c1-13(27)32-20-10-16(26-11-14-8-15(23)9-19(24)21(14)28)2-3-18(20)22(29)31-6-4-17-12-25-5-7-30-17/h2-3,8-10,17,25-26,28H,4-7,11-12H2,1H3. The minimum atomic E-state index is -0.601. The van der Waals surface area contributed by atoms with Crippen molar-refractivity contribution in [3.05, 3.63) is 51.5 Å². The van der Waals surface area contributed by atoms with Crippen LogP contribution in [0.3, 0.4) is 0 Å². The molecule has 1 aliphatic heterocycles. The van der Waals surface area contributed by atoms with E-state index in [4.69, 9.17) is 37.4 Å². The first-order chi connectivity index (χ1) is 15.3. The number of carbonyl (C=O) groups excluding carboxylic acids is 2. The van der Waals surface area contributed by atoms with Gasteiger partial charge in [0.05, 0.1) is 24.3 Å². The third-order valence-corrected chi connectivity index (χ3v) is 5.23. The van der Waals surface area contributed by atoms with Crippen molar-refractivity contribution in [1.82, 2.24) is 5.32 Å². The smallest absolute Gasteiger partial charge is 0.341 e. The summed E-state index contributed by atoms with van der Waals surface area (Å²) in [5.41, 5.74) is 1.16. The van der Waals surface area contributed by atoms with E-state index in [1.807, 2.05) is 0 Å². The summed E-state index contributed by atoms with van der Waals surface area (Å²) in [6, 6.07) is 7.68. The molecule has 1 saturated heterocycles. The Hall–Kier alpha value is -2.52. The summed E-state index contributed by atoms with van der Waals surface area (Å²) in [4.78, 5) is 24.1. The number of esters is 2. The fraction of sp³-hybridized carbons (Fsp3) is 0.364. The first-order valence-corrected chi connectivity index (χ1v) is 10.8. The second-order valence-electron chi connectivity index (χ2n) is 7.17. The molecule has 1 heterocycles. The van der Waals surface area contributed by atoms with Crippen molar-refractivity contribution in [3.63, 3.8) is 0 Å². The zero-order valence-corrected chi connectivity index (χ0v) is 19.0. The number of morpholine rings is 1. The van der Waals surface area contributed by atoms with Gasteiger partial charge in [-0.1, -0.05) is 23.2 Å². The Kier molecular flexibility index (Phi) is 8.58. The molecule has 0 aliphatic carbocycles. The molecule has 1 atom stereocenters. The molecule has 10 heteroatoms. The number of ether oxygens (including phenoxy) is 3. The van der Waals surface area contributed by atoms with Gasteiger partial charge in [0.25, 0.3) is 0 Å². The van der Waals surface area contributed by atoms with E-state index in [0.717, 1.165) is 6.54 Å². The molecule has 1 aliphatic rings. The lowest BCUT2D eigenvalue weighted by Gasteiger charge is -2.23. The minimum absolute atomic E-state index is 0.00697. The molecule has 2 aromatic rings. The normalized spacial score (nSPS) is 15.8. The van der Waals surface area contributed by atoms with E-state index in [0.29, 0.717) is 35.8 Å². The summed E-state index contributed by atoms with van der Waals surface area (Å²) < 4.78 is 16.1. The molecule has 0 radical (unpaired) electrons. The molecular weight excluding hydrogens is 459 g/mol. The molecule has 0 bridgehead atoms. The van der Waals surface area contributed by atoms with Crippen LogP contribution >= 0.6 is 23.2 Å². The van der Waals surface area contributed by atoms with Crippen LogP contribution in [-0.4, -0.2) is 49.5 Å². The van der Waals surface area contributed by atoms with E-state index in [1.54, 1.807) is 12.1 Å². The van der Waals surface area contributed by atoms with Crippen molar-refractivity contribution in [2.45, 2.75) is 26.0 Å². The number of nitrogens with one attached hydrogen (secondary N) is 2. The van der Waals surface area contributed by atoms with Gasteiger partial charge < -0.3 is 30.0 Å². The first kappa shape index (κ1) is 24.1. The third kappa shape index (κ3) is 6.74. The highest BCUT2D eigenvalue weighted by Gasteiger charge is 2.19. The van der Waals surface area contributed by atoms with Crippen LogP contribution < -0.4 is 15.4 Å². The predicted molar refractivity (Wildman–Crippen MR) is 121 cm³/mol. The van der Waals surface area contributed by atoms with Crippen LogP contribution in [-0.2, 0) is 20.8 Å². The van der Waals surface area contributed by atoms with Crippen LogP contribution in [0.25, 0.3) is 0 Å². The molecule has 8 nitrogen and oxygen atoms in total. The lowest BCUT2D eigenvalue weighted by molar-refractivity contribution is -0.131. The van der Waals surface area contributed by atoms with E-state index in [9.17, 15) is 14.7 Å². The van der Waals surface area contributed by atoms with Crippen molar-refractivity contribution in [2.24, 2.45) is 0 Å². The minimum Gasteiger partial charge on any atom is -0.506 e. The van der Waals surface area contributed by atoms with Crippen molar-refractivity contribution >= 4 is 40.8 Å². The molecule has 0 spiro atoms. The molecule has 3 rings (SSSR count). The van der Waals surface area contributed by atoms with Crippen molar-refractivity contribution in [3.8, 4) is 11.5 Å². The highest BCUT2D eigenvalue weighted by Crippen LogP contribution is 2.32. The van der Waals surface area contributed by atoms with Gasteiger partial charge >= 0.3 is 11.9 Å². The van der Waals surface area contributed by atoms with Crippen molar-refractivity contribution < 1.29 is 28.9 Å². The van der Waals surface area contributed by atoms with Gasteiger partial charge in [0.15, 0.2) is 0 Å². The zero-order valence-electron chi connectivity index (χ0n) is 17.5. The third-order valence-electron chi connectivity index (χ3n) is 4.72. The van der Waals surface area contributed by atoms with Gasteiger partial charge in [0.2, 0.25) is 0 Å². The molecule has 1 unspecified atom stereocenters. The van der Waals surface area contributed by atoms with Crippen molar-refractivity contribution in [1.29, 1.82) is 0 Å². The maximum Gasteiger partial charge on any atom is 0.341 e. The van der Waals surface area contributed by atoms with Gasteiger partial charge in [-0.2, -0.15) is 0 Å². The lowest BCUT2D eigenvalue weighted by Crippen LogP contribution is -2.39. The van der Waals surface area contributed by atoms with Crippen LogP contribution in [0.5, 0.6) is 11.5 Å². The van der Waals surface area contributed by atoms with E-state index in [1.165, 1.54) is 25.1 Å². The maximum atomic E-state index is 12.5. The molecule has 0 aromatic heterocycles. The fourth-order valence-electron chi connectivity index (χ4n) is 3.16. The number of anilines is 1. The zero-order chi connectivity index (χ0) is 23.1. The number of phenols is 1. The summed E-state index contributed by atoms with van der Waals surface area (Å²) in [6.45, 7) is 3.78. The van der Waals surface area contributed by atoms with Gasteiger partial charge in [0.1, 0.15) is 17.1 Å². The average molecular weight is 483 g/mol. The number of halogens is 2. The second-order valence-corrected chi connectivity index (χ2v) is 8.02. The molecule has 172 valence electrons. The van der Waals surface area contributed by atoms with Crippen LogP contribution in [0.4, 0.5) is 5.69 Å². The van der Waals surface area contributed by atoms with Crippen LogP contribution in [0.2, 0.25) is 10.0 Å². The van der Waals surface area contributed by atoms with Crippen LogP contribution in [0.1, 0.15) is 29.3 Å². The second kappa shape index (κ2) is 11.4. The summed E-state index contributed by atoms with van der Waals surface area (Å²) >= 11 is 11.9. The molecule has 0 saturated carbocycles. The highest BCUT2D eigenvalue weighted by atomic mass is 35.5. The Morgan fingerprint density at radius 1 is 1.28 bits per heavy atom. The van der Waals surface area contributed by atoms with E-state index < -0.39 is 11.9 Å². The van der Waals surface area contributed by atoms with E-state index >= 15 is 0 Å². The number of carbonyl (C=O) groups is 2. The van der Waals surface area contributed by atoms with Crippen LogP contribution in [0.15, 0.2) is 30.3 Å². The molecule has 32 heavy (non-hydrogen) atoms. The number of hydrogen-bond acceptors (Lipinski definition) is 8. The number of hydrogen-bond donors (Lipinski definition) is 3. The van der Waals surface area contributed by atoms with E-state index in [2.05, 4.69) is 10.6 Å². The van der Waals surface area contributed by atoms with Crippen molar-refractivity contribution in [2.75, 3.05) is 31.6 Å².